The molecule has 0 bridgehead atoms. The van der Waals surface area contributed by atoms with Crippen LogP contribution in [-0.4, -0.2) is 55.5 Å². The van der Waals surface area contributed by atoms with Crippen molar-refractivity contribution in [3.8, 4) is 0 Å². The summed E-state index contributed by atoms with van der Waals surface area (Å²) in [5.74, 6) is 0.202. The molecule has 0 unspecified atom stereocenters. The van der Waals surface area contributed by atoms with E-state index in [0.29, 0.717) is 19.1 Å². The Bertz CT molecular complexity index is 192. The summed E-state index contributed by atoms with van der Waals surface area (Å²) in [5.41, 5.74) is 5.39. The number of amides is 1. The SMILES string of the molecule is CN(CCCN)C(=O)CN(C)C1CC1. The molecule has 0 aromatic rings. The van der Waals surface area contributed by atoms with Crippen LogP contribution in [0, 0.1) is 0 Å². The van der Waals surface area contributed by atoms with Crippen molar-refractivity contribution in [2.75, 3.05) is 33.7 Å². The first-order valence-electron chi connectivity index (χ1n) is 5.29. The van der Waals surface area contributed by atoms with E-state index in [1.54, 1.807) is 4.90 Å². The van der Waals surface area contributed by atoms with Crippen LogP contribution in [0.3, 0.4) is 0 Å². The lowest BCUT2D eigenvalue weighted by Gasteiger charge is -2.21. The molecule has 0 heterocycles. The molecule has 0 saturated heterocycles. The van der Waals surface area contributed by atoms with Crippen molar-refractivity contribution in [1.82, 2.24) is 9.80 Å². The summed E-state index contributed by atoms with van der Waals surface area (Å²) in [6.45, 7) is 1.97. The van der Waals surface area contributed by atoms with Gasteiger partial charge in [-0.3, -0.25) is 9.69 Å². The summed E-state index contributed by atoms with van der Waals surface area (Å²) >= 11 is 0. The van der Waals surface area contributed by atoms with E-state index in [1.165, 1.54) is 12.8 Å². The zero-order valence-corrected chi connectivity index (χ0v) is 9.20. The van der Waals surface area contributed by atoms with Crippen molar-refractivity contribution in [1.29, 1.82) is 0 Å². The number of likely N-dealkylation sites (N-methyl/N-ethyl adjacent to an activating group) is 2. The predicted octanol–water partition coefficient (Wildman–Crippen LogP) is -0.112. The van der Waals surface area contributed by atoms with Gasteiger partial charge in [-0.25, -0.2) is 0 Å². The molecule has 1 saturated carbocycles. The topological polar surface area (TPSA) is 49.6 Å². The summed E-state index contributed by atoms with van der Waals surface area (Å²) in [4.78, 5) is 15.5. The fourth-order valence-corrected chi connectivity index (χ4v) is 1.43. The predicted molar refractivity (Wildman–Crippen MR) is 57.0 cm³/mol. The van der Waals surface area contributed by atoms with Crippen molar-refractivity contribution >= 4 is 5.91 Å². The van der Waals surface area contributed by atoms with Crippen molar-refractivity contribution in [2.45, 2.75) is 25.3 Å². The first-order chi connectivity index (χ1) is 6.65. The van der Waals surface area contributed by atoms with Gasteiger partial charge < -0.3 is 10.6 Å². The molecule has 0 spiro atoms. The van der Waals surface area contributed by atoms with E-state index in [1.807, 2.05) is 14.1 Å². The fraction of sp³-hybridized carbons (Fsp3) is 0.900. The van der Waals surface area contributed by atoms with E-state index in [0.717, 1.165) is 13.0 Å². The van der Waals surface area contributed by atoms with E-state index in [-0.39, 0.29) is 5.91 Å². The Kier molecular flexibility index (Phi) is 4.35. The quantitative estimate of drug-likeness (QED) is 0.649. The van der Waals surface area contributed by atoms with Crippen LogP contribution in [0.2, 0.25) is 0 Å². The third-order valence-corrected chi connectivity index (χ3v) is 2.68. The molecule has 14 heavy (non-hydrogen) atoms. The summed E-state index contributed by atoms with van der Waals surface area (Å²) in [6.07, 6.45) is 3.38. The van der Waals surface area contributed by atoms with Crippen LogP contribution in [0.5, 0.6) is 0 Å². The van der Waals surface area contributed by atoms with Crippen LogP contribution in [0.25, 0.3) is 0 Å². The second-order valence-corrected chi connectivity index (χ2v) is 4.10. The van der Waals surface area contributed by atoms with Crippen LogP contribution in [0.4, 0.5) is 0 Å². The third-order valence-electron chi connectivity index (χ3n) is 2.68. The average Bonchev–Trinajstić information content (AvgIpc) is 2.96. The minimum absolute atomic E-state index is 0.202. The Morgan fingerprint density at radius 3 is 2.57 bits per heavy atom. The highest BCUT2D eigenvalue weighted by molar-refractivity contribution is 5.78. The van der Waals surface area contributed by atoms with Gasteiger partial charge in [0.25, 0.3) is 0 Å². The highest BCUT2D eigenvalue weighted by Crippen LogP contribution is 2.24. The van der Waals surface area contributed by atoms with Gasteiger partial charge in [-0.2, -0.15) is 0 Å². The zero-order valence-electron chi connectivity index (χ0n) is 9.20. The lowest BCUT2D eigenvalue weighted by molar-refractivity contribution is -0.130. The summed E-state index contributed by atoms with van der Waals surface area (Å²) in [6, 6.07) is 0.654. The van der Waals surface area contributed by atoms with Gasteiger partial charge in [-0.05, 0) is 32.9 Å². The van der Waals surface area contributed by atoms with Crippen LogP contribution in [-0.2, 0) is 4.79 Å². The molecule has 4 nitrogen and oxygen atoms in total. The minimum Gasteiger partial charge on any atom is -0.345 e. The lowest BCUT2D eigenvalue weighted by atomic mass is 10.3. The molecular weight excluding hydrogens is 178 g/mol. The number of carbonyl (C=O) groups excluding carboxylic acids is 1. The highest BCUT2D eigenvalue weighted by atomic mass is 16.2. The lowest BCUT2D eigenvalue weighted by Crippen LogP contribution is -2.38. The number of hydrogen-bond donors (Lipinski definition) is 1. The molecule has 0 radical (unpaired) electrons. The Morgan fingerprint density at radius 1 is 1.43 bits per heavy atom. The molecule has 0 aliphatic heterocycles. The molecule has 0 aromatic heterocycles. The molecule has 4 heteroatoms. The summed E-state index contributed by atoms with van der Waals surface area (Å²) < 4.78 is 0. The smallest absolute Gasteiger partial charge is 0.236 e. The normalized spacial score (nSPS) is 16.0. The molecule has 1 fully saturated rings. The van der Waals surface area contributed by atoms with E-state index < -0.39 is 0 Å². The maximum atomic E-state index is 11.6. The van der Waals surface area contributed by atoms with Gasteiger partial charge in [0.15, 0.2) is 0 Å². The second-order valence-electron chi connectivity index (χ2n) is 4.10. The van der Waals surface area contributed by atoms with Crippen LogP contribution < -0.4 is 5.73 Å². The minimum atomic E-state index is 0.202. The van der Waals surface area contributed by atoms with Crippen LogP contribution in [0.1, 0.15) is 19.3 Å². The molecule has 1 aliphatic rings. The van der Waals surface area contributed by atoms with E-state index >= 15 is 0 Å². The standard InChI is InChI=1S/C10H21N3O/c1-12(7-3-6-11)10(14)8-13(2)9-4-5-9/h9H,3-8,11H2,1-2H3. The average molecular weight is 199 g/mol. The van der Waals surface area contributed by atoms with Gasteiger partial charge in [0.1, 0.15) is 0 Å². The molecule has 0 aromatic carbocycles. The molecule has 1 aliphatic carbocycles. The van der Waals surface area contributed by atoms with Gasteiger partial charge in [0, 0.05) is 19.6 Å². The molecule has 0 atom stereocenters. The summed E-state index contributed by atoms with van der Waals surface area (Å²) in [7, 11) is 3.87. The maximum absolute atomic E-state index is 11.6. The van der Waals surface area contributed by atoms with Gasteiger partial charge in [-0.1, -0.05) is 0 Å². The van der Waals surface area contributed by atoms with Gasteiger partial charge in [0.2, 0.25) is 5.91 Å². The Labute approximate surface area is 86.0 Å². The fourth-order valence-electron chi connectivity index (χ4n) is 1.43. The first-order valence-corrected chi connectivity index (χ1v) is 5.29. The van der Waals surface area contributed by atoms with Gasteiger partial charge in [-0.15, -0.1) is 0 Å². The molecule has 1 amide bonds. The Morgan fingerprint density at radius 2 is 2.07 bits per heavy atom. The van der Waals surface area contributed by atoms with E-state index in [9.17, 15) is 4.79 Å². The summed E-state index contributed by atoms with van der Waals surface area (Å²) in [5, 5.41) is 0. The largest absolute Gasteiger partial charge is 0.345 e. The Hall–Kier alpha value is -0.610. The van der Waals surface area contributed by atoms with E-state index in [4.69, 9.17) is 5.73 Å². The maximum Gasteiger partial charge on any atom is 0.236 e. The van der Waals surface area contributed by atoms with Crippen LogP contribution in [0.15, 0.2) is 0 Å². The monoisotopic (exact) mass is 199 g/mol. The molecule has 1 rings (SSSR count). The number of hydrogen-bond acceptors (Lipinski definition) is 3. The van der Waals surface area contributed by atoms with Gasteiger partial charge >= 0.3 is 0 Å². The number of nitrogens with two attached hydrogens (primary N) is 1. The Balaban J connectivity index is 2.18. The highest BCUT2D eigenvalue weighted by Gasteiger charge is 2.27. The second kappa shape index (κ2) is 5.32. The number of carbonyl (C=O) groups is 1. The number of rotatable bonds is 6. The molecular formula is C10H21N3O. The number of nitrogens with zero attached hydrogens (tertiary/aromatic N) is 2. The van der Waals surface area contributed by atoms with Crippen LogP contribution >= 0.6 is 0 Å². The van der Waals surface area contributed by atoms with Crippen molar-refractivity contribution in [3.63, 3.8) is 0 Å². The van der Waals surface area contributed by atoms with Crippen molar-refractivity contribution < 1.29 is 4.79 Å². The first kappa shape index (κ1) is 11.5. The van der Waals surface area contributed by atoms with Gasteiger partial charge in [0.05, 0.1) is 6.54 Å². The van der Waals surface area contributed by atoms with Crippen molar-refractivity contribution in [2.24, 2.45) is 5.73 Å². The zero-order chi connectivity index (χ0) is 10.6. The van der Waals surface area contributed by atoms with Crippen molar-refractivity contribution in [3.05, 3.63) is 0 Å². The van der Waals surface area contributed by atoms with E-state index in [2.05, 4.69) is 4.90 Å². The molecule has 82 valence electrons. The molecule has 2 N–H and O–H groups in total. The third kappa shape index (κ3) is 3.64.